The summed E-state index contributed by atoms with van der Waals surface area (Å²) in [7, 11) is 0. The first-order valence-electron chi connectivity index (χ1n) is 10.1. The van der Waals surface area contributed by atoms with E-state index in [9.17, 15) is 23.1 Å². The van der Waals surface area contributed by atoms with Crippen LogP contribution in [0.4, 0.5) is 13.2 Å². The van der Waals surface area contributed by atoms with Crippen molar-refractivity contribution in [2.24, 2.45) is 5.92 Å². The van der Waals surface area contributed by atoms with Crippen LogP contribution in [-0.2, 0) is 12.7 Å². The van der Waals surface area contributed by atoms with E-state index in [0.29, 0.717) is 10.9 Å². The van der Waals surface area contributed by atoms with Crippen molar-refractivity contribution in [3.63, 3.8) is 0 Å². The van der Waals surface area contributed by atoms with Crippen LogP contribution in [0.2, 0.25) is 5.02 Å². The molecular weight excluding hydrogens is 431 g/mol. The lowest BCUT2D eigenvalue weighted by molar-refractivity contribution is -0.919. The van der Waals surface area contributed by atoms with Gasteiger partial charge in [-0.2, -0.15) is 13.2 Å². The fourth-order valence-corrected chi connectivity index (χ4v) is 4.28. The molecule has 1 aliphatic heterocycles. The lowest BCUT2D eigenvalue weighted by Gasteiger charge is -2.27. The number of rotatable bonds is 3. The number of halogens is 4. The fourth-order valence-electron chi connectivity index (χ4n) is 4.15. The number of quaternary nitrogens is 1. The van der Waals surface area contributed by atoms with Gasteiger partial charge in [0.2, 0.25) is 11.2 Å². The quantitative estimate of drug-likeness (QED) is 0.608. The second-order valence-electron chi connectivity index (χ2n) is 8.19. The molecule has 4 rings (SSSR count). The average molecular weight is 453 g/mol. The molecule has 0 amide bonds. The van der Waals surface area contributed by atoms with Gasteiger partial charge in [0, 0.05) is 5.02 Å². The van der Waals surface area contributed by atoms with E-state index in [4.69, 9.17) is 16.0 Å². The van der Waals surface area contributed by atoms with Crippen molar-refractivity contribution in [1.29, 1.82) is 0 Å². The lowest BCUT2D eigenvalue weighted by Crippen LogP contribution is -3.11. The standard InChI is InChI=1S/C23H21ClF3NO3/c1-13-8-10-28(11-9-13)12-17-18(29)7-6-16-20(30)19(14-2-4-15(24)5-3-14)22(23(25,26)27)31-21(16)17/h2-7,13,29H,8-12H2,1H3/p+1. The molecule has 0 atom stereocenters. The fraction of sp³-hybridized carbons (Fsp3) is 0.348. The number of phenolic OH excluding ortho intramolecular Hbond substituents is 1. The monoisotopic (exact) mass is 452 g/mol. The molecule has 0 spiro atoms. The molecule has 0 radical (unpaired) electrons. The second kappa shape index (κ2) is 8.20. The zero-order chi connectivity index (χ0) is 22.3. The van der Waals surface area contributed by atoms with Gasteiger partial charge in [0.1, 0.15) is 12.3 Å². The van der Waals surface area contributed by atoms with E-state index >= 15 is 0 Å². The molecule has 3 aromatic rings. The summed E-state index contributed by atoms with van der Waals surface area (Å²) in [5, 5.41) is 10.8. The smallest absolute Gasteiger partial charge is 0.450 e. The Balaban J connectivity index is 1.92. The SMILES string of the molecule is CC1CC[NH+](Cc2c(O)ccc3c(=O)c(-c4ccc(Cl)cc4)c(C(F)(F)F)oc23)CC1. The van der Waals surface area contributed by atoms with E-state index in [2.05, 4.69) is 6.92 Å². The van der Waals surface area contributed by atoms with Crippen LogP contribution in [0.25, 0.3) is 22.1 Å². The van der Waals surface area contributed by atoms with Gasteiger partial charge < -0.3 is 14.4 Å². The van der Waals surface area contributed by atoms with E-state index in [1.807, 2.05) is 0 Å². The normalized spacial score (nSPS) is 19.6. The first-order chi connectivity index (χ1) is 14.6. The molecule has 0 aliphatic carbocycles. The molecule has 0 saturated carbocycles. The molecule has 0 unspecified atom stereocenters. The molecule has 1 aliphatic rings. The Morgan fingerprint density at radius 1 is 1.13 bits per heavy atom. The minimum absolute atomic E-state index is 0.00975. The molecule has 2 aromatic carbocycles. The number of fused-ring (bicyclic) bond motifs is 1. The van der Waals surface area contributed by atoms with Crippen LogP contribution in [0.5, 0.6) is 5.75 Å². The summed E-state index contributed by atoms with van der Waals surface area (Å²) >= 11 is 5.85. The lowest BCUT2D eigenvalue weighted by atomic mass is 9.97. The number of phenols is 1. The maximum atomic E-state index is 13.9. The third kappa shape index (κ3) is 4.29. The number of nitrogens with one attached hydrogen (secondary N) is 1. The number of likely N-dealkylation sites (tertiary alicyclic amines) is 1. The van der Waals surface area contributed by atoms with Crippen LogP contribution < -0.4 is 10.3 Å². The van der Waals surface area contributed by atoms with Gasteiger partial charge in [0.25, 0.3) is 0 Å². The number of piperidine rings is 1. The first kappa shape index (κ1) is 21.7. The highest BCUT2D eigenvalue weighted by Gasteiger charge is 2.40. The van der Waals surface area contributed by atoms with Gasteiger partial charge in [-0.15, -0.1) is 0 Å². The molecule has 1 fully saturated rings. The minimum atomic E-state index is -4.89. The van der Waals surface area contributed by atoms with Gasteiger partial charge in [-0.05, 0) is 48.6 Å². The summed E-state index contributed by atoms with van der Waals surface area (Å²) in [6.07, 6.45) is -2.89. The van der Waals surface area contributed by atoms with Crippen molar-refractivity contribution < 1.29 is 27.6 Å². The third-order valence-electron chi connectivity index (χ3n) is 5.94. The van der Waals surface area contributed by atoms with Crippen molar-refractivity contribution in [1.82, 2.24) is 0 Å². The van der Waals surface area contributed by atoms with Gasteiger partial charge in [-0.1, -0.05) is 30.7 Å². The minimum Gasteiger partial charge on any atom is -0.507 e. The van der Waals surface area contributed by atoms with E-state index in [1.165, 1.54) is 36.4 Å². The van der Waals surface area contributed by atoms with E-state index in [1.54, 1.807) is 0 Å². The van der Waals surface area contributed by atoms with Gasteiger partial charge in [-0.3, -0.25) is 4.79 Å². The highest BCUT2D eigenvalue weighted by atomic mass is 35.5. The summed E-state index contributed by atoms with van der Waals surface area (Å²) < 4.78 is 47.2. The van der Waals surface area contributed by atoms with Crippen molar-refractivity contribution in [3.8, 4) is 16.9 Å². The zero-order valence-electron chi connectivity index (χ0n) is 16.9. The predicted octanol–water partition coefficient (Wildman–Crippen LogP) is 4.65. The maximum absolute atomic E-state index is 13.9. The Hall–Kier alpha value is -2.51. The predicted molar refractivity (Wildman–Crippen MR) is 112 cm³/mol. The molecule has 1 aromatic heterocycles. The van der Waals surface area contributed by atoms with Gasteiger partial charge in [0.15, 0.2) is 5.58 Å². The van der Waals surface area contributed by atoms with Crippen LogP contribution in [0, 0.1) is 5.92 Å². The van der Waals surface area contributed by atoms with Crippen molar-refractivity contribution in [2.45, 2.75) is 32.5 Å². The van der Waals surface area contributed by atoms with Crippen LogP contribution in [0.15, 0.2) is 45.6 Å². The molecular formula is C23H22ClF3NO3+. The summed E-state index contributed by atoms with van der Waals surface area (Å²) in [6.45, 7) is 4.14. The molecule has 8 heteroatoms. The molecule has 164 valence electrons. The van der Waals surface area contributed by atoms with Gasteiger partial charge >= 0.3 is 6.18 Å². The Kier molecular flexibility index (Phi) is 5.75. The number of hydrogen-bond acceptors (Lipinski definition) is 3. The number of hydrogen-bond donors (Lipinski definition) is 2. The number of alkyl halides is 3. The van der Waals surface area contributed by atoms with Crippen LogP contribution in [0.1, 0.15) is 31.1 Å². The molecule has 0 bridgehead atoms. The third-order valence-corrected chi connectivity index (χ3v) is 6.19. The van der Waals surface area contributed by atoms with Crippen LogP contribution in [0.3, 0.4) is 0 Å². The highest BCUT2D eigenvalue weighted by Crippen LogP contribution is 2.39. The molecule has 2 N–H and O–H groups in total. The Bertz CT molecular complexity index is 1160. The number of aromatic hydroxyl groups is 1. The molecule has 1 saturated heterocycles. The Morgan fingerprint density at radius 2 is 1.77 bits per heavy atom. The van der Waals surface area contributed by atoms with E-state index in [0.717, 1.165) is 30.8 Å². The summed E-state index contributed by atoms with van der Waals surface area (Å²) in [6, 6.07) is 8.21. The van der Waals surface area contributed by atoms with Crippen LogP contribution >= 0.6 is 11.6 Å². The summed E-state index contributed by atoms with van der Waals surface area (Å²) in [5.74, 6) is -0.947. The molecule has 31 heavy (non-hydrogen) atoms. The largest absolute Gasteiger partial charge is 0.507 e. The van der Waals surface area contributed by atoms with E-state index < -0.39 is 22.9 Å². The maximum Gasteiger partial charge on any atom is 0.450 e. The van der Waals surface area contributed by atoms with Crippen molar-refractivity contribution in [3.05, 3.63) is 63.0 Å². The Morgan fingerprint density at radius 3 is 2.39 bits per heavy atom. The Labute approximate surface area is 181 Å². The zero-order valence-corrected chi connectivity index (χ0v) is 17.6. The molecule has 2 heterocycles. The summed E-state index contributed by atoms with van der Waals surface area (Å²) in [5.41, 5.74) is -1.27. The van der Waals surface area contributed by atoms with Crippen LogP contribution in [-0.4, -0.2) is 18.2 Å². The average Bonchev–Trinajstić information content (AvgIpc) is 2.71. The topological polar surface area (TPSA) is 54.9 Å². The van der Waals surface area contributed by atoms with Crippen molar-refractivity contribution in [2.75, 3.05) is 13.1 Å². The molecule has 4 nitrogen and oxygen atoms in total. The van der Waals surface area contributed by atoms with E-state index in [-0.39, 0.29) is 34.4 Å². The van der Waals surface area contributed by atoms with Gasteiger partial charge in [-0.25, -0.2) is 0 Å². The van der Waals surface area contributed by atoms with Crippen molar-refractivity contribution >= 4 is 22.6 Å². The first-order valence-corrected chi connectivity index (χ1v) is 10.5. The van der Waals surface area contributed by atoms with Gasteiger partial charge in [0.05, 0.1) is 29.6 Å². The second-order valence-corrected chi connectivity index (χ2v) is 8.63. The highest BCUT2D eigenvalue weighted by molar-refractivity contribution is 6.30. The summed E-state index contributed by atoms with van der Waals surface area (Å²) in [4.78, 5) is 14.3. The number of benzene rings is 2.